The first-order valence-electron chi connectivity index (χ1n) is 8.33. The fraction of sp³-hybridized carbons (Fsp3) is 0.211. The Morgan fingerprint density at radius 1 is 0.880 bits per heavy atom. The van der Waals surface area contributed by atoms with Gasteiger partial charge in [0.25, 0.3) is 0 Å². The third kappa shape index (κ3) is 5.17. The van der Waals surface area contributed by atoms with Gasteiger partial charge < -0.3 is 10.6 Å². The number of aromatic nitrogens is 3. The summed E-state index contributed by atoms with van der Waals surface area (Å²) in [7, 11) is 0. The van der Waals surface area contributed by atoms with Gasteiger partial charge in [0.15, 0.2) is 0 Å². The van der Waals surface area contributed by atoms with Gasteiger partial charge in [0.2, 0.25) is 0 Å². The topological polar surface area (TPSA) is 71.8 Å². The lowest BCUT2D eigenvalue weighted by atomic mass is 10.3. The average molecular weight is 335 g/mol. The quantitative estimate of drug-likeness (QED) is 0.696. The molecule has 25 heavy (non-hydrogen) atoms. The first-order valence-corrected chi connectivity index (χ1v) is 8.33. The molecule has 0 aliphatic carbocycles. The van der Waals surface area contributed by atoms with Crippen LogP contribution in [0.5, 0.6) is 0 Å². The standard InChI is InChI=1S/C19H21N5O/c25-19(21-13-9-16-6-4-5-12-20-16)22-14-10-17-11-15-24(23-17)18-7-2-1-3-8-18/h1-8,11-12,15H,9-10,13-14H2,(H2,21,22,25). The number of para-hydroxylation sites is 1. The van der Waals surface area contributed by atoms with E-state index in [9.17, 15) is 4.79 Å². The number of benzene rings is 1. The first-order chi connectivity index (χ1) is 12.3. The Hall–Kier alpha value is -3.15. The van der Waals surface area contributed by atoms with Gasteiger partial charge in [-0.15, -0.1) is 0 Å². The Morgan fingerprint density at radius 2 is 1.60 bits per heavy atom. The fourth-order valence-corrected chi connectivity index (χ4v) is 2.44. The van der Waals surface area contributed by atoms with Crippen molar-refractivity contribution in [1.29, 1.82) is 0 Å². The van der Waals surface area contributed by atoms with E-state index >= 15 is 0 Å². The number of rotatable bonds is 7. The minimum absolute atomic E-state index is 0.168. The zero-order valence-electron chi connectivity index (χ0n) is 13.9. The molecule has 128 valence electrons. The molecular formula is C19H21N5O. The first kappa shape index (κ1) is 16.7. The highest BCUT2D eigenvalue weighted by Gasteiger charge is 2.03. The van der Waals surface area contributed by atoms with Gasteiger partial charge in [0.05, 0.1) is 11.4 Å². The van der Waals surface area contributed by atoms with Crippen LogP contribution >= 0.6 is 0 Å². The summed E-state index contributed by atoms with van der Waals surface area (Å²) < 4.78 is 1.84. The summed E-state index contributed by atoms with van der Waals surface area (Å²) in [6, 6.07) is 17.5. The number of pyridine rings is 1. The van der Waals surface area contributed by atoms with Gasteiger partial charge in [0, 0.05) is 44.0 Å². The lowest BCUT2D eigenvalue weighted by molar-refractivity contribution is 0.241. The summed E-state index contributed by atoms with van der Waals surface area (Å²) in [5, 5.41) is 10.2. The maximum absolute atomic E-state index is 11.8. The molecule has 1 aromatic carbocycles. The monoisotopic (exact) mass is 335 g/mol. The number of urea groups is 1. The lowest BCUT2D eigenvalue weighted by Gasteiger charge is -2.06. The third-order valence-electron chi connectivity index (χ3n) is 3.72. The van der Waals surface area contributed by atoms with Crippen molar-refractivity contribution in [2.75, 3.05) is 13.1 Å². The number of hydrogen-bond donors (Lipinski definition) is 2. The predicted molar refractivity (Wildman–Crippen MR) is 96.6 cm³/mol. The molecule has 6 nitrogen and oxygen atoms in total. The SMILES string of the molecule is O=C(NCCc1ccccn1)NCCc1ccn(-c2ccccc2)n1. The zero-order chi connectivity index (χ0) is 17.3. The average Bonchev–Trinajstić information content (AvgIpc) is 3.12. The van der Waals surface area contributed by atoms with Gasteiger partial charge in [-0.05, 0) is 30.3 Å². The second-order valence-electron chi connectivity index (χ2n) is 5.59. The van der Waals surface area contributed by atoms with Crippen molar-refractivity contribution in [1.82, 2.24) is 25.4 Å². The highest BCUT2D eigenvalue weighted by Crippen LogP contribution is 2.06. The van der Waals surface area contributed by atoms with Crippen molar-refractivity contribution in [3.8, 4) is 5.69 Å². The second-order valence-corrected chi connectivity index (χ2v) is 5.59. The third-order valence-corrected chi connectivity index (χ3v) is 3.72. The van der Waals surface area contributed by atoms with E-state index in [0.717, 1.165) is 23.5 Å². The number of carbonyl (C=O) groups is 1. The molecule has 2 amide bonds. The smallest absolute Gasteiger partial charge is 0.314 e. The summed E-state index contributed by atoms with van der Waals surface area (Å²) in [5.74, 6) is 0. The number of nitrogens with zero attached hydrogens (tertiary/aromatic N) is 3. The maximum atomic E-state index is 11.8. The molecule has 2 N–H and O–H groups in total. The van der Waals surface area contributed by atoms with Gasteiger partial charge >= 0.3 is 6.03 Å². The molecule has 0 fully saturated rings. The van der Waals surface area contributed by atoms with Crippen LogP contribution < -0.4 is 10.6 Å². The van der Waals surface area contributed by atoms with Crippen LogP contribution in [0.25, 0.3) is 5.69 Å². The summed E-state index contributed by atoms with van der Waals surface area (Å²) in [5.41, 5.74) is 2.93. The Labute approximate surface area is 146 Å². The highest BCUT2D eigenvalue weighted by atomic mass is 16.2. The molecule has 2 aromatic heterocycles. The molecule has 0 saturated heterocycles. The van der Waals surface area contributed by atoms with Crippen LogP contribution in [-0.4, -0.2) is 33.9 Å². The van der Waals surface area contributed by atoms with E-state index in [1.165, 1.54) is 0 Å². The van der Waals surface area contributed by atoms with Crippen molar-refractivity contribution in [2.24, 2.45) is 0 Å². The Kier molecular flexibility index (Phi) is 5.77. The second kappa shape index (κ2) is 8.63. The van der Waals surface area contributed by atoms with E-state index < -0.39 is 0 Å². The minimum atomic E-state index is -0.168. The van der Waals surface area contributed by atoms with Crippen LogP contribution in [0.2, 0.25) is 0 Å². The van der Waals surface area contributed by atoms with Crippen LogP contribution in [-0.2, 0) is 12.8 Å². The zero-order valence-corrected chi connectivity index (χ0v) is 13.9. The van der Waals surface area contributed by atoms with Crippen LogP contribution in [0.15, 0.2) is 67.0 Å². The highest BCUT2D eigenvalue weighted by molar-refractivity contribution is 5.73. The minimum Gasteiger partial charge on any atom is -0.338 e. The van der Waals surface area contributed by atoms with E-state index in [4.69, 9.17) is 0 Å². The molecule has 0 bridgehead atoms. The molecule has 0 atom stereocenters. The fourth-order valence-electron chi connectivity index (χ4n) is 2.44. The summed E-state index contributed by atoms with van der Waals surface area (Å²) in [6.07, 6.45) is 5.09. The number of hydrogen-bond acceptors (Lipinski definition) is 3. The Balaban J connectivity index is 1.36. The lowest BCUT2D eigenvalue weighted by Crippen LogP contribution is -2.37. The van der Waals surface area contributed by atoms with Gasteiger partial charge in [-0.2, -0.15) is 5.10 Å². The van der Waals surface area contributed by atoms with Crippen LogP contribution in [0.3, 0.4) is 0 Å². The van der Waals surface area contributed by atoms with Gasteiger partial charge in [-0.25, -0.2) is 9.48 Å². The van der Waals surface area contributed by atoms with Crippen LogP contribution in [0.1, 0.15) is 11.4 Å². The molecule has 3 rings (SSSR count). The van der Waals surface area contributed by atoms with Crippen molar-refractivity contribution in [2.45, 2.75) is 12.8 Å². The predicted octanol–water partition coefficient (Wildman–Crippen LogP) is 2.35. The molecule has 0 saturated carbocycles. The van der Waals surface area contributed by atoms with Crippen molar-refractivity contribution in [3.63, 3.8) is 0 Å². The van der Waals surface area contributed by atoms with Gasteiger partial charge in [-0.1, -0.05) is 24.3 Å². The molecular weight excluding hydrogens is 314 g/mol. The molecule has 0 aliphatic heterocycles. The number of nitrogens with one attached hydrogen (secondary N) is 2. The summed E-state index contributed by atoms with van der Waals surface area (Å²) in [4.78, 5) is 16.0. The Morgan fingerprint density at radius 3 is 2.32 bits per heavy atom. The van der Waals surface area contributed by atoms with E-state index in [1.54, 1.807) is 6.20 Å². The normalized spacial score (nSPS) is 10.4. The number of carbonyl (C=O) groups excluding carboxylic acids is 1. The maximum Gasteiger partial charge on any atom is 0.314 e. The van der Waals surface area contributed by atoms with Gasteiger partial charge in [-0.3, -0.25) is 4.98 Å². The van der Waals surface area contributed by atoms with Crippen LogP contribution in [0.4, 0.5) is 4.79 Å². The van der Waals surface area contributed by atoms with E-state index in [2.05, 4.69) is 20.7 Å². The summed E-state index contributed by atoms with van der Waals surface area (Å²) >= 11 is 0. The number of amides is 2. The summed E-state index contributed by atoms with van der Waals surface area (Å²) in [6.45, 7) is 1.10. The Bertz CT molecular complexity index is 786. The van der Waals surface area contributed by atoms with Crippen molar-refractivity contribution < 1.29 is 4.79 Å². The van der Waals surface area contributed by atoms with Crippen molar-refractivity contribution in [3.05, 3.63) is 78.4 Å². The van der Waals surface area contributed by atoms with Crippen LogP contribution in [0, 0.1) is 0 Å². The molecule has 3 aromatic rings. The molecule has 2 heterocycles. The van der Waals surface area contributed by atoms with Crippen molar-refractivity contribution >= 4 is 6.03 Å². The van der Waals surface area contributed by atoms with E-state index in [1.807, 2.05) is 65.5 Å². The molecule has 6 heteroatoms. The molecule has 0 radical (unpaired) electrons. The van der Waals surface area contributed by atoms with E-state index in [-0.39, 0.29) is 6.03 Å². The molecule has 0 aliphatic rings. The van der Waals surface area contributed by atoms with Gasteiger partial charge in [0.1, 0.15) is 0 Å². The van der Waals surface area contributed by atoms with E-state index in [0.29, 0.717) is 19.5 Å². The molecule has 0 spiro atoms. The largest absolute Gasteiger partial charge is 0.338 e. The molecule has 0 unspecified atom stereocenters.